The molecule has 3 aromatic heterocycles. The Hall–Kier alpha value is -2.10. The van der Waals surface area contributed by atoms with Gasteiger partial charge in [-0.15, -0.1) is 11.3 Å². The first kappa shape index (κ1) is 19.2. The van der Waals surface area contributed by atoms with Gasteiger partial charge in [0.2, 0.25) is 17.6 Å². The number of rotatable bonds is 9. The standard InChI is InChI=1S/C19H26N6O2S/c1-2-5-16-20-18(27-22-16)14-25-11-9-24(10-12-25)8-3-7-17-21-19(23-26-17)15-6-4-13-28-15/h4,6,13H,2-3,5,7-12,14H2,1H3. The lowest BCUT2D eigenvalue weighted by atomic mass is 10.2. The Morgan fingerprint density at radius 2 is 1.82 bits per heavy atom. The van der Waals surface area contributed by atoms with E-state index < -0.39 is 0 Å². The molecule has 0 aromatic carbocycles. The van der Waals surface area contributed by atoms with E-state index in [0.717, 1.165) is 87.4 Å². The number of piperazine rings is 1. The van der Waals surface area contributed by atoms with Crippen LogP contribution in [0.5, 0.6) is 0 Å². The van der Waals surface area contributed by atoms with Gasteiger partial charge in [0.05, 0.1) is 11.4 Å². The van der Waals surface area contributed by atoms with E-state index >= 15 is 0 Å². The van der Waals surface area contributed by atoms with Crippen LogP contribution >= 0.6 is 11.3 Å². The van der Waals surface area contributed by atoms with Gasteiger partial charge in [-0.2, -0.15) is 9.97 Å². The molecular weight excluding hydrogens is 376 g/mol. The van der Waals surface area contributed by atoms with Crippen LogP contribution in [0.3, 0.4) is 0 Å². The van der Waals surface area contributed by atoms with E-state index in [1.807, 2.05) is 17.5 Å². The first-order valence-corrected chi connectivity index (χ1v) is 10.8. The van der Waals surface area contributed by atoms with E-state index in [-0.39, 0.29) is 0 Å². The van der Waals surface area contributed by atoms with Gasteiger partial charge in [-0.1, -0.05) is 23.3 Å². The highest BCUT2D eigenvalue weighted by Crippen LogP contribution is 2.21. The Balaban J connectivity index is 1.16. The molecule has 4 heterocycles. The summed E-state index contributed by atoms with van der Waals surface area (Å²) in [5.41, 5.74) is 0. The fourth-order valence-electron chi connectivity index (χ4n) is 3.36. The number of aryl methyl sites for hydroxylation is 2. The van der Waals surface area contributed by atoms with Gasteiger partial charge < -0.3 is 13.9 Å². The molecular formula is C19H26N6O2S. The van der Waals surface area contributed by atoms with Crippen LogP contribution in [0.1, 0.15) is 37.4 Å². The van der Waals surface area contributed by atoms with Crippen molar-refractivity contribution < 1.29 is 9.05 Å². The van der Waals surface area contributed by atoms with Gasteiger partial charge in [0, 0.05) is 39.0 Å². The predicted molar refractivity (Wildman–Crippen MR) is 106 cm³/mol. The molecule has 0 aliphatic carbocycles. The first-order valence-electron chi connectivity index (χ1n) is 9.93. The van der Waals surface area contributed by atoms with Gasteiger partial charge in [-0.05, 0) is 30.8 Å². The summed E-state index contributed by atoms with van der Waals surface area (Å²) in [6.45, 7) is 8.07. The maximum absolute atomic E-state index is 5.38. The van der Waals surface area contributed by atoms with Gasteiger partial charge in [-0.3, -0.25) is 4.90 Å². The summed E-state index contributed by atoms with van der Waals surface area (Å²) in [5.74, 6) is 2.97. The lowest BCUT2D eigenvalue weighted by Crippen LogP contribution is -2.46. The minimum Gasteiger partial charge on any atom is -0.339 e. The van der Waals surface area contributed by atoms with Crippen LogP contribution in [0.25, 0.3) is 10.7 Å². The summed E-state index contributed by atoms with van der Waals surface area (Å²) < 4.78 is 10.7. The van der Waals surface area contributed by atoms with Crippen molar-refractivity contribution in [1.29, 1.82) is 0 Å². The second kappa shape index (κ2) is 9.40. The first-order chi connectivity index (χ1) is 13.8. The molecule has 8 nitrogen and oxygen atoms in total. The van der Waals surface area contributed by atoms with E-state index in [0.29, 0.717) is 5.82 Å². The van der Waals surface area contributed by atoms with E-state index in [9.17, 15) is 0 Å². The zero-order valence-corrected chi connectivity index (χ0v) is 17.0. The summed E-state index contributed by atoms with van der Waals surface area (Å²) in [6.07, 6.45) is 3.76. The summed E-state index contributed by atoms with van der Waals surface area (Å²) in [6, 6.07) is 4.01. The minimum absolute atomic E-state index is 0.696. The highest BCUT2D eigenvalue weighted by molar-refractivity contribution is 7.13. The third-order valence-corrected chi connectivity index (χ3v) is 5.75. The monoisotopic (exact) mass is 402 g/mol. The Morgan fingerprint density at radius 3 is 2.61 bits per heavy atom. The van der Waals surface area contributed by atoms with E-state index in [4.69, 9.17) is 9.05 Å². The molecule has 0 saturated carbocycles. The van der Waals surface area contributed by atoms with Crippen LogP contribution in [-0.2, 0) is 19.4 Å². The van der Waals surface area contributed by atoms with Crippen molar-refractivity contribution in [3.63, 3.8) is 0 Å². The molecule has 1 aliphatic rings. The van der Waals surface area contributed by atoms with Gasteiger partial charge in [0.1, 0.15) is 0 Å². The molecule has 0 radical (unpaired) electrons. The highest BCUT2D eigenvalue weighted by Gasteiger charge is 2.19. The van der Waals surface area contributed by atoms with Crippen LogP contribution in [0.2, 0.25) is 0 Å². The molecule has 0 unspecified atom stereocenters. The summed E-state index contributed by atoms with van der Waals surface area (Å²) in [4.78, 5) is 14.9. The van der Waals surface area contributed by atoms with Crippen molar-refractivity contribution >= 4 is 11.3 Å². The number of aromatic nitrogens is 4. The minimum atomic E-state index is 0.696. The number of nitrogens with zero attached hydrogens (tertiary/aromatic N) is 6. The SMILES string of the molecule is CCCc1noc(CN2CCN(CCCc3nc(-c4cccs4)no3)CC2)n1. The quantitative estimate of drug-likeness (QED) is 0.540. The van der Waals surface area contributed by atoms with Crippen molar-refractivity contribution in [2.24, 2.45) is 0 Å². The summed E-state index contributed by atoms with van der Waals surface area (Å²) in [5, 5.41) is 10.1. The Kier molecular flexibility index (Phi) is 6.45. The van der Waals surface area contributed by atoms with Gasteiger partial charge in [0.25, 0.3) is 0 Å². The largest absolute Gasteiger partial charge is 0.339 e. The van der Waals surface area contributed by atoms with Crippen LogP contribution < -0.4 is 0 Å². The van der Waals surface area contributed by atoms with Crippen LogP contribution in [0.4, 0.5) is 0 Å². The zero-order valence-electron chi connectivity index (χ0n) is 16.2. The molecule has 3 aromatic rings. The molecule has 150 valence electrons. The highest BCUT2D eigenvalue weighted by atomic mass is 32.1. The smallest absolute Gasteiger partial charge is 0.240 e. The fraction of sp³-hybridized carbons (Fsp3) is 0.579. The zero-order chi connectivity index (χ0) is 19.2. The van der Waals surface area contributed by atoms with Crippen molar-refractivity contribution in [1.82, 2.24) is 30.1 Å². The van der Waals surface area contributed by atoms with E-state index in [1.165, 1.54) is 0 Å². The number of thiophene rings is 1. The van der Waals surface area contributed by atoms with E-state index in [1.54, 1.807) is 11.3 Å². The lowest BCUT2D eigenvalue weighted by molar-refractivity contribution is 0.115. The molecule has 0 N–H and O–H groups in total. The normalized spacial score (nSPS) is 16.0. The van der Waals surface area contributed by atoms with Crippen LogP contribution in [0.15, 0.2) is 26.6 Å². The van der Waals surface area contributed by atoms with Crippen molar-refractivity contribution in [2.75, 3.05) is 32.7 Å². The maximum atomic E-state index is 5.38. The molecule has 0 bridgehead atoms. The van der Waals surface area contributed by atoms with E-state index in [2.05, 4.69) is 37.0 Å². The molecule has 4 rings (SSSR count). The molecule has 1 fully saturated rings. The molecule has 0 spiro atoms. The second-order valence-electron chi connectivity index (χ2n) is 7.06. The van der Waals surface area contributed by atoms with Crippen LogP contribution in [-0.4, -0.2) is 62.8 Å². The maximum Gasteiger partial charge on any atom is 0.240 e. The number of hydrogen-bond donors (Lipinski definition) is 0. The fourth-order valence-corrected chi connectivity index (χ4v) is 4.01. The molecule has 28 heavy (non-hydrogen) atoms. The lowest BCUT2D eigenvalue weighted by Gasteiger charge is -2.33. The predicted octanol–water partition coefficient (Wildman–Crippen LogP) is 2.88. The van der Waals surface area contributed by atoms with Crippen molar-refractivity contribution in [2.45, 2.75) is 39.2 Å². The van der Waals surface area contributed by atoms with Gasteiger partial charge in [0.15, 0.2) is 5.82 Å². The molecule has 0 atom stereocenters. The Labute approximate surface area is 168 Å². The number of hydrogen-bond acceptors (Lipinski definition) is 9. The third kappa shape index (κ3) is 5.03. The third-order valence-electron chi connectivity index (χ3n) is 4.88. The average molecular weight is 403 g/mol. The Bertz CT molecular complexity index is 838. The second-order valence-corrected chi connectivity index (χ2v) is 8.01. The topological polar surface area (TPSA) is 84.3 Å². The van der Waals surface area contributed by atoms with Gasteiger partial charge in [-0.25, -0.2) is 0 Å². The van der Waals surface area contributed by atoms with Gasteiger partial charge >= 0.3 is 0 Å². The van der Waals surface area contributed by atoms with Crippen LogP contribution in [0, 0.1) is 0 Å². The molecule has 0 amide bonds. The molecule has 1 aliphatic heterocycles. The average Bonchev–Trinajstić information content (AvgIpc) is 3.45. The van der Waals surface area contributed by atoms with Crippen molar-refractivity contribution in [3.05, 3.63) is 35.1 Å². The summed E-state index contributed by atoms with van der Waals surface area (Å²) >= 11 is 1.63. The molecule has 9 heteroatoms. The Morgan fingerprint density at radius 1 is 1.00 bits per heavy atom. The molecule has 1 saturated heterocycles. The van der Waals surface area contributed by atoms with Crippen molar-refractivity contribution in [3.8, 4) is 10.7 Å². The summed E-state index contributed by atoms with van der Waals surface area (Å²) in [7, 11) is 0.